The van der Waals surface area contributed by atoms with Gasteiger partial charge in [-0.3, -0.25) is 0 Å². The summed E-state index contributed by atoms with van der Waals surface area (Å²) in [5.74, 6) is 0.986. The van der Waals surface area contributed by atoms with E-state index in [1.165, 1.54) is 5.56 Å². The molecule has 5 nitrogen and oxygen atoms in total. The Labute approximate surface area is 167 Å². The first-order chi connectivity index (χ1) is 13.4. The summed E-state index contributed by atoms with van der Waals surface area (Å²) in [7, 11) is 3.41. The average molecular weight is 382 g/mol. The Morgan fingerprint density at radius 1 is 1.11 bits per heavy atom. The van der Waals surface area contributed by atoms with E-state index in [9.17, 15) is 0 Å². The molecule has 3 aromatic heterocycles. The molecule has 0 spiro atoms. The monoisotopic (exact) mass is 381 g/mol. The number of ether oxygens (including phenoxy) is 2. The van der Waals surface area contributed by atoms with Crippen molar-refractivity contribution in [3.63, 3.8) is 0 Å². The topological polar surface area (TPSA) is 49.2 Å². The molecule has 0 bridgehead atoms. The molecular weight excluding hydrogens is 350 g/mol. The van der Waals surface area contributed by atoms with Crippen molar-refractivity contribution < 1.29 is 9.47 Å². The quantitative estimate of drug-likeness (QED) is 0.556. The van der Waals surface area contributed by atoms with Crippen LogP contribution in [0, 0.1) is 6.92 Å². The molecule has 0 fully saturated rings. The molecule has 0 radical (unpaired) electrons. The van der Waals surface area contributed by atoms with Crippen LogP contribution in [0.2, 0.25) is 0 Å². The standard InChI is InChI=1S/C23H31N3O2/c1-8-17-11-20-21(15(4)12-26(20)16(5)13-27-6)25-22(17)18-9-10-19(14(2)3)24-23(18)28-7/h9-12,14,16H,8,13H2,1-7H3. The zero-order valence-corrected chi connectivity index (χ0v) is 18.0. The van der Waals surface area contributed by atoms with Gasteiger partial charge in [0.1, 0.15) is 0 Å². The van der Waals surface area contributed by atoms with E-state index >= 15 is 0 Å². The van der Waals surface area contributed by atoms with E-state index in [2.05, 4.69) is 63.6 Å². The van der Waals surface area contributed by atoms with E-state index in [-0.39, 0.29) is 6.04 Å². The maximum absolute atomic E-state index is 5.63. The number of hydrogen-bond donors (Lipinski definition) is 0. The first-order valence-electron chi connectivity index (χ1n) is 9.96. The number of pyridine rings is 2. The second-order valence-corrected chi connectivity index (χ2v) is 7.69. The van der Waals surface area contributed by atoms with Gasteiger partial charge in [0.15, 0.2) is 0 Å². The minimum absolute atomic E-state index is 0.250. The molecule has 0 saturated heterocycles. The zero-order chi connectivity index (χ0) is 20.4. The normalized spacial score (nSPS) is 12.7. The molecule has 0 saturated carbocycles. The van der Waals surface area contributed by atoms with Gasteiger partial charge in [-0.05, 0) is 55.5 Å². The fraction of sp³-hybridized carbons (Fsp3) is 0.478. The van der Waals surface area contributed by atoms with E-state index in [0.29, 0.717) is 18.4 Å². The fourth-order valence-corrected chi connectivity index (χ4v) is 3.67. The molecule has 3 aromatic rings. The minimum Gasteiger partial charge on any atom is -0.480 e. The van der Waals surface area contributed by atoms with Crippen LogP contribution in [0.4, 0.5) is 0 Å². The van der Waals surface area contributed by atoms with Crippen molar-refractivity contribution in [2.75, 3.05) is 20.8 Å². The third-order valence-corrected chi connectivity index (χ3v) is 5.25. The number of aryl methyl sites for hydroxylation is 2. The van der Waals surface area contributed by atoms with E-state index in [1.807, 2.05) is 0 Å². The summed E-state index contributed by atoms with van der Waals surface area (Å²) in [4.78, 5) is 9.80. The lowest BCUT2D eigenvalue weighted by Gasteiger charge is -2.16. The highest BCUT2D eigenvalue weighted by Gasteiger charge is 2.19. The molecular formula is C23H31N3O2. The van der Waals surface area contributed by atoms with Crippen LogP contribution in [0.3, 0.4) is 0 Å². The Hall–Kier alpha value is -2.40. The SMILES string of the molecule is CCc1cc2c(nc1-c1ccc(C(C)C)nc1OC)c(C)cn2C(C)COC. The smallest absolute Gasteiger partial charge is 0.222 e. The van der Waals surface area contributed by atoms with Crippen molar-refractivity contribution in [3.8, 4) is 17.1 Å². The maximum atomic E-state index is 5.63. The predicted molar refractivity (Wildman–Crippen MR) is 114 cm³/mol. The van der Waals surface area contributed by atoms with Crippen LogP contribution in [0.25, 0.3) is 22.3 Å². The van der Waals surface area contributed by atoms with Gasteiger partial charge in [0, 0.05) is 19.0 Å². The molecule has 28 heavy (non-hydrogen) atoms. The number of nitrogens with zero attached hydrogens (tertiary/aromatic N) is 3. The second-order valence-electron chi connectivity index (χ2n) is 7.69. The largest absolute Gasteiger partial charge is 0.480 e. The summed E-state index contributed by atoms with van der Waals surface area (Å²) in [5, 5.41) is 0. The summed E-state index contributed by atoms with van der Waals surface area (Å²) >= 11 is 0. The van der Waals surface area contributed by atoms with Crippen LogP contribution >= 0.6 is 0 Å². The average Bonchev–Trinajstić information content (AvgIpc) is 3.02. The highest BCUT2D eigenvalue weighted by atomic mass is 16.5. The van der Waals surface area contributed by atoms with Crippen molar-refractivity contribution >= 4 is 11.0 Å². The Bertz CT molecular complexity index is 976. The van der Waals surface area contributed by atoms with E-state index in [1.54, 1.807) is 14.2 Å². The molecule has 5 heteroatoms. The molecule has 0 aliphatic carbocycles. The minimum atomic E-state index is 0.250. The number of aromatic nitrogens is 3. The van der Waals surface area contributed by atoms with Crippen LogP contribution in [-0.2, 0) is 11.2 Å². The molecule has 0 aliphatic rings. The summed E-state index contributed by atoms with van der Waals surface area (Å²) in [5.41, 5.74) is 7.44. The molecule has 0 aliphatic heterocycles. The van der Waals surface area contributed by atoms with Crippen molar-refractivity contribution in [1.82, 2.24) is 14.5 Å². The maximum Gasteiger partial charge on any atom is 0.222 e. The number of rotatable bonds is 7. The first kappa shape index (κ1) is 20.3. The molecule has 3 rings (SSSR count). The molecule has 0 aromatic carbocycles. The van der Waals surface area contributed by atoms with Crippen LogP contribution < -0.4 is 4.74 Å². The van der Waals surface area contributed by atoms with E-state index in [4.69, 9.17) is 19.4 Å². The summed E-state index contributed by atoms with van der Waals surface area (Å²) in [6.45, 7) is 11.4. The lowest BCUT2D eigenvalue weighted by Crippen LogP contribution is -2.10. The van der Waals surface area contributed by atoms with Gasteiger partial charge in [-0.15, -0.1) is 0 Å². The van der Waals surface area contributed by atoms with Gasteiger partial charge in [0.25, 0.3) is 0 Å². The van der Waals surface area contributed by atoms with Crippen molar-refractivity contribution in [3.05, 3.63) is 41.2 Å². The Balaban J connectivity index is 2.21. The van der Waals surface area contributed by atoms with Crippen molar-refractivity contribution in [2.45, 2.75) is 53.0 Å². The van der Waals surface area contributed by atoms with E-state index in [0.717, 1.165) is 40.0 Å². The fourth-order valence-electron chi connectivity index (χ4n) is 3.67. The van der Waals surface area contributed by atoms with Gasteiger partial charge < -0.3 is 14.0 Å². The molecule has 150 valence electrons. The molecule has 3 heterocycles. The highest BCUT2D eigenvalue weighted by molar-refractivity contribution is 5.85. The molecule has 1 atom stereocenters. The summed E-state index contributed by atoms with van der Waals surface area (Å²) in [6.07, 6.45) is 3.05. The van der Waals surface area contributed by atoms with Gasteiger partial charge in [0.2, 0.25) is 5.88 Å². The van der Waals surface area contributed by atoms with Crippen molar-refractivity contribution in [2.24, 2.45) is 0 Å². The third kappa shape index (κ3) is 3.63. The second kappa shape index (κ2) is 8.31. The lowest BCUT2D eigenvalue weighted by atomic mass is 10.0. The number of hydrogen-bond acceptors (Lipinski definition) is 4. The third-order valence-electron chi connectivity index (χ3n) is 5.25. The number of methoxy groups -OCH3 is 2. The first-order valence-corrected chi connectivity index (χ1v) is 9.96. The Morgan fingerprint density at radius 2 is 1.86 bits per heavy atom. The lowest BCUT2D eigenvalue weighted by molar-refractivity contribution is 0.164. The Kier molecular flexibility index (Phi) is 6.04. The summed E-state index contributed by atoms with van der Waals surface area (Å²) < 4.78 is 13.3. The van der Waals surface area contributed by atoms with Crippen molar-refractivity contribution in [1.29, 1.82) is 0 Å². The number of fused-ring (bicyclic) bond motifs is 1. The van der Waals surface area contributed by atoms with Crippen LogP contribution in [-0.4, -0.2) is 35.4 Å². The van der Waals surface area contributed by atoms with Crippen LogP contribution in [0.15, 0.2) is 24.4 Å². The molecule has 1 unspecified atom stereocenters. The van der Waals surface area contributed by atoms with Gasteiger partial charge in [-0.2, -0.15) is 0 Å². The van der Waals surface area contributed by atoms with Gasteiger partial charge >= 0.3 is 0 Å². The predicted octanol–water partition coefficient (Wildman–Crippen LogP) is 5.31. The van der Waals surface area contributed by atoms with E-state index < -0.39 is 0 Å². The highest BCUT2D eigenvalue weighted by Crippen LogP contribution is 2.35. The molecule has 0 N–H and O–H groups in total. The van der Waals surface area contributed by atoms with Crippen LogP contribution in [0.1, 0.15) is 56.5 Å². The molecule has 0 amide bonds. The van der Waals surface area contributed by atoms with Gasteiger partial charge in [-0.1, -0.05) is 20.8 Å². The van der Waals surface area contributed by atoms with Gasteiger partial charge in [-0.25, -0.2) is 9.97 Å². The Morgan fingerprint density at radius 3 is 2.46 bits per heavy atom. The summed E-state index contributed by atoms with van der Waals surface area (Å²) in [6, 6.07) is 6.67. The van der Waals surface area contributed by atoms with Crippen LogP contribution in [0.5, 0.6) is 5.88 Å². The van der Waals surface area contributed by atoms with Gasteiger partial charge in [0.05, 0.1) is 42.0 Å². The zero-order valence-electron chi connectivity index (χ0n) is 18.0.